The van der Waals surface area contributed by atoms with Gasteiger partial charge in [0.2, 0.25) is 5.76 Å². The second-order valence-corrected chi connectivity index (χ2v) is 13.0. The van der Waals surface area contributed by atoms with E-state index in [1.165, 1.54) is 43.0 Å². The molecule has 0 radical (unpaired) electrons. The van der Waals surface area contributed by atoms with Gasteiger partial charge < -0.3 is 13.9 Å². The molecule has 5 heterocycles. The van der Waals surface area contributed by atoms with Gasteiger partial charge in [0, 0.05) is 31.2 Å². The van der Waals surface area contributed by atoms with Crippen LogP contribution in [0.2, 0.25) is 10.0 Å². The smallest absolute Gasteiger partial charge is 0.291 e. The first-order valence-corrected chi connectivity index (χ1v) is 15.7. The number of hydrogen-bond donors (Lipinski definition) is 0. The van der Waals surface area contributed by atoms with Gasteiger partial charge in [0.25, 0.3) is 5.91 Å². The lowest BCUT2D eigenvalue weighted by atomic mass is 9.70. The number of amides is 1. The molecule has 1 amide bonds. The molecular formula is C33H36Cl2N4O2. The number of likely N-dealkylation sites (tertiary alicyclic amines) is 1. The van der Waals surface area contributed by atoms with Crippen molar-refractivity contribution < 1.29 is 9.21 Å². The molecule has 0 saturated carbocycles. The van der Waals surface area contributed by atoms with Crippen LogP contribution in [0, 0.1) is 6.92 Å². The summed E-state index contributed by atoms with van der Waals surface area (Å²) >= 11 is 12.3. The van der Waals surface area contributed by atoms with Gasteiger partial charge in [0.1, 0.15) is 17.1 Å². The zero-order valence-electron chi connectivity index (χ0n) is 23.4. The number of para-hydroxylation sites is 2. The Hall–Kier alpha value is -2.80. The summed E-state index contributed by atoms with van der Waals surface area (Å²) in [5.74, 6) is 1.10. The predicted molar refractivity (Wildman–Crippen MR) is 163 cm³/mol. The van der Waals surface area contributed by atoms with Gasteiger partial charge in [-0.3, -0.25) is 9.69 Å². The Labute approximate surface area is 251 Å². The summed E-state index contributed by atoms with van der Waals surface area (Å²) < 4.78 is 7.91. The van der Waals surface area contributed by atoms with E-state index in [0.717, 1.165) is 37.1 Å². The van der Waals surface area contributed by atoms with Crippen molar-refractivity contribution in [3.8, 4) is 0 Å². The Bertz CT molecular complexity index is 1540. The van der Waals surface area contributed by atoms with Crippen molar-refractivity contribution in [1.29, 1.82) is 0 Å². The van der Waals surface area contributed by atoms with Crippen LogP contribution in [0.25, 0.3) is 11.0 Å². The van der Waals surface area contributed by atoms with Gasteiger partial charge in [0.05, 0.1) is 16.1 Å². The van der Waals surface area contributed by atoms with Crippen LogP contribution >= 0.6 is 23.2 Å². The van der Waals surface area contributed by atoms with Gasteiger partial charge in [0.15, 0.2) is 0 Å². The number of carbonyl (C=O) groups is 1. The molecule has 3 aliphatic rings. The van der Waals surface area contributed by atoms with Crippen molar-refractivity contribution in [2.24, 2.45) is 0 Å². The molecule has 2 bridgehead atoms. The van der Waals surface area contributed by atoms with Crippen LogP contribution in [0.3, 0.4) is 0 Å². The van der Waals surface area contributed by atoms with Gasteiger partial charge in [-0.1, -0.05) is 65.7 Å². The molecule has 3 saturated heterocycles. The lowest BCUT2D eigenvalue weighted by Crippen LogP contribution is -2.49. The number of furan rings is 1. The van der Waals surface area contributed by atoms with Gasteiger partial charge >= 0.3 is 0 Å². The normalized spacial score (nSPS) is 24.3. The standard InChI is InChI=1S/C33H36Cl2N4O2/c1-22-36-28-9-5-6-10-29(28)39(22)26-19-24-11-12-25(20-26)38(24)18-15-33(23-7-3-2-4-8-23)13-16-37(17-14-33)32(40)31-30(35)27(34)21-41-31/h2-10,21,24-26H,11-20H2,1H3. The van der Waals surface area contributed by atoms with Crippen LogP contribution in [-0.2, 0) is 5.41 Å². The highest BCUT2D eigenvalue weighted by atomic mass is 35.5. The Morgan fingerprint density at radius 2 is 1.66 bits per heavy atom. The average Bonchev–Trinajstić information content (AvgIpc) is 3.60. The maximum Gasteiger partial charge on any atom is 0.291 e. The second kappa shape index (κ2) is 10.8. The molecule has 6 nitrogen and oxygen atoms in total. The third kappa shape index (κ3) is 4.78. The Morgan fingerprint density at radius 3 is 2.34 bits per heavy atom. The van der Waals surface area contributed by atoms with Crippen LogP contribution in [0.4, 0.5) is 0 Å². The summed E-state index contributed by atoms with van der Waals surface area (Å²) in [7, 11) is 0. The Morgan fingerprint density at radius 1 is 0.976 bits per heavy atom. The number of benzene rings is 2. The van der Waals surface area contributed by atoms with Crippen molar-refractivity contribution in [2.45, 2.75) is 75.4 Å². The molecule has 2 atom stereocenters. The number of imidazole rings is 1. The number of aromatic nitrogens is 2. The third-order valence-corrected chi connectivity index (χ3v) is 10.9. The molecule has 2 unspecified atom stereocenters. The minimum Gasteiger partial charge on any atom is -0.456 e. The van der Waals surface area contributed by atoms with Crippen molar-refractivity contribution in [3.05, 3.63) is 88.1 Å². The van der Waals surface area contributed by atoms with E-state index in [1.807, 2.05) is 4.90 Å². The van der Waals surface area contributed by atoms with E-state index in [9.17, 15) is 4.79 Å². The number of carbonyl (C=O) groups excluding carboxylic acids is 1. The van der Waals surface area contributed by atoms with E-state index in [1.54, 1.807) is 0 Å². The minimum absolute atomic E-state index is 0.0378. The fraction of sp³-hybridized carbons (Fsp3) is 0.455. The molecule has 214 valence electrons. The average molecular weight is 592 g/mol. The van der Waals surface area contributed by atoms with Gasteiger partial charge in [-0.25, -0.2) is 4.98 Å². The Kier molecular flexibility index (Phi) is 7.12. The maximum absolute atomic E-state index is 13.2. The summed E-state index contributed by atoms with van der Waals surface area (Å²) in [4.78, 5) is 22.7. The number of nitrogens with zero attached hydrogens (tertiary/aromatic N) is 4. The van der Waals surface area contributed by atoms with E-state index in [0.29, 0.717) is 31.2 Å². The molecular weight excluding hydrogens is 555 g/mol. The van der Waals surface area contributed by atoms with E-state index >= 15 is 0 Å². The number of halogens is 2. The predicted octanol–water partition coefficient (Wildman–Crippen LogP) is 7.68. The quantitative estimate of drug-likeness (QED) is 0.231. The van der Waals surface area contributed by atoms with Gasteiger partial charge in [-0.05, 0) is 81.5 Å². The zero-order valence-corrected chi connectivity index (χ0v) is 24.9. The molecule has 2 aromatic heterocycles. The van der Waals surface area contributed by atoms with E-state index in [4.69, 9.17) is 32.6 Å². The summed E-state index contributed by atoms with van der Waals surface area (Å²) in [6, 6.07) is 21.2. The maximum atomic E-state index is 13.2. The van der Waals surface area contributed by atoms with Crippen molar-refractivity contribution >= 4 is 40.1 Å². The van der Waals surface area contributed by atoms with Crippen LogP contribution in [0.5, 0.6) is 0 Å². The minimum atomic E-state index is -0.175. The topological polar surface area (TPSA) is 54.5 Å². The summed E-state index contributed by atoms with van der Waals surface area (Å²) in [6.45, 7) is 4.59. The molecule has 3 aliphatic heterocycles. The summed E-state index contributed by atoms with van der Waals surface area (Å²) in [5, 5.41) is 0.481. The van der Waals surface area contributed by atoms with Crippen LogP contribution in [-0.4, -0.2) is 57.0 Å². The van der Waals surface area contributed by atoms with E-state index in [2.05, 4.69) is 71.0 Å². The summed E-state index contributed by atoms with van der Waals surface area (Å²) in [5.41, 5.74) is 3.79. The SMILES string of the molecule is Cc1nc2ccccc2n1C1CC2CCC(C1)N2CCC1(c2ccccc2)CCN(C(=O)c2occ(Cl)c2Cl)CC1. The lowest BCUT2D eigenvalue weighted by Gasteiger charge is -2.45. The van der Waals surface area contributed by atoms with Crippen molar-refractivity contribution in [1.82, 2.24) is 19.4 Å². The number of rotatable bonds is 6. The van der Waals surface area contributed by atoms with Crippen LogP contribution in [0.15, 0.2) is 65.3 Å². The molecule has 8 heteroatoms. The number of fused-ring (bicyclic) bond motifs is 3. The summed E-state index contributed by atoms with van der Waals surface area (Å²) in [6.07, 6.45) is 9.19. The first-order valence-electron chi connectivity index (χ1n) is 14.9. The fourth-order valence-electron chi connectivity index (χ4n) is 8.01. The van der Waals surface area contributed by atoms with Crippen LogP contribution in [0.1, 0.15) is 72.9 Å². The molecule has 3 fully saturated rings. The lowest BCUT2D eigenvalue weighted by molar-refractivity contribution is 0.0580. The second-order valence-electron chi connectivity index (χ2n) is 12.2. The number of aryl methyl sites for hydroxylation is 1. The molecule has 2 aromatic carbocycles. The molecule has 41 heavy (non-hydrogen) atoms. The monoisotopic (exact) mass is 590 g/mol. The first-order chi connectivity index (χ1) is 19.9. The first kappa shape index (κ1) is 27.1. The van der Waals surface area contributed by atoms with E-state index < -0.39 is 0 Å². The Balaban J connectivity index is 1.07. The zero-order chi connectivity index (χ0) is 28.1. The molecule has 4 aromatic rings. The fourth-order valence-corrected chi connectivity index (χ4v) is 8.31. The number of hydrogen-bond acceptors (Lipinski definition) is 4. The van der Waals surface area contributed by atoms with Crippen molar-refractivity contribution in [3.63, 3.8) is 0 Å². The number of piperidine rings is 2. The molecule has 0 aliphatic carbocycles. The highest BCUT2D eigenvalue weighted by Gasteiger charge is 2.44. The molecule has 0 spiro atoms. The van der Waals surface area contributed by atoms with E-state index in [-0.39, 0.29) is 27.1 Å². The highest BCUT2D eigenvalue weighted by molar-refractivity contribution is 6.43. The van der Waals surface area contributed by atoms with Gasteiger partial charge in [-0.15, -0.1) is 0 Å². The third-order valence-electron chi connectivity index (χ3n) is 10.1. The van der Waals surface area contributed by atoms with Crippen molar-refractivity contribution in [2.75, 3.05) is 19.6 Å². The largest absolute Gasteiger partial charge is 0.456 e. The molecule has 0 N–H and O–H groups in total. The highest BCUT2D eigenvalue weighted by Crippen LogP contribution is 2.45. The van der Waals surface area contributed by atoms with Gasteiger partial charge in [-0.2, -0.15) is 0 Å². The molecule has 7 rings (SSSR count). The van der Waals surface area contributed by atoms with Crippen LogP contribution < -0.4 is 0 Å².